The summed E-state index contributed by atoms with van der Waals surface area (Å²) >= 11 is 0.976. The van der Waals surface area contributed by atoms with E-state index in [0.717, 1.165) is 23.9 Å². The Labute approximate surface area is 122 Å². The fourth-order valence-corrected chi connectivity index (χ4v) is 2.92. The molecule has 3 aromatic rings. The van der Waals surface area contributed by atoms with E-state index in [4.69, 9.17) is 5.73 Å². The van der Waals surface area contributed by atoms with Crippen LogP contribution < -0.4 is 5.73 Å². The largest absolute Gasteiger partial charge is 0.398 e. The second kappa shape index (κ2) is 5.29. The molecular weight excluding hydrogens is 297 g/mol. The van der Waals surface area contributed by atoms with Crippen molar-refractivity contribution in [3.8, 4) is 0 Å². The van der Waals surface area contributed by atoms with Crippen molar-refractivity contribution in [2.45, 2.75) is 9.79 Å². The van der Waals surface area contributed by atoms with Crippen molar-refractivity contribution in [3.05, 3.63) is 60.0 Å². The number of hydrogen-bond donors (Lipinski definition) is 1. The van der Waals surface area contributed by atoms with Gasteiger partial charge in [0.15, 0.2) is 11.6 Å². The number of nitrogens with zero attached hydrogens (tertiary/aromatic N) is 1. The topological polar surface area (TPSA) is 38.9 Å². The highest BCUT2D eigenvalue weighted by Crippen LogP contribution is 2.37. The number of hydrogen-bond acceptors (Lipinski definition) is 3. The highest BCUT2D eigenvalue weighted by atomic mass is 32.2. The van der Waals surface area contributed by atoms with Crippen molar-refractivity contribution in [1.82, 2.24) is 4.98 Å². The van der Waals surface area contributed by atoms with Crippen LogP contribution in [0.3, 0.4) is 0 Å². The van der Waals surface area contributed by atoms with Crippen molar-refractivity contribution < 1.29 is 13.2 Å². The molecule has 0 aliphatic heterocycles. The maximum Gasteiger partial charge on any atom is 0.159 e. The number of nitrogen functional groups attached to an aromatic ring is 1. The van der Waals surface area contributed by atoms with Gasteiger partial charge < -0.3 is 5.73 Å². The number of fused-ring (bicyclic) bond motifs is 1. The van der Waals surface area contributed by atoms with Gasteiger partial charge >= 0.3 is 0 Å². The summed E-state index contributed by atoms with van der Waals surface area (Å²) in [6.07, 6.45) is 1.52. The molecule has 6 heteroatoms. The maximum atomic E-state index is 14.1. The summed E-state index contributed by atoms with van der Waals surface area (Å²) in [5.41, 5.74) is 6.44. The third kappa shape index (κ3) is 2.54. The monoisotopic (exact) mass is 306 g/mol. The highest BCUT2D eigenvalue weighted by molar-refractivity contribution is 7.99. The van der Waals surface area contributed by atoms with Crippen molar-refractivity contribution in [2.24, 2.45) is 0 Å². The second-order valence-corrected chi connectivity index (χ2v) is 5.44. The van der Waals surface area contributed by atoms with Crippen LogP contribution in [0, 0.1) is 17.5 Å². The lowest BCUT2D eigenvalue weighted by Crippen LogP contribution is -1.94. The van der Waals surface area contributed by atoms with Crippen LogP contribution in [0.2, 0.25) is 0 Å². The van der Waals surface area contributed by atoms with Crippen LogP contribution in [0.5, 0.6) is 0 Å². The number of benzene rings is 2. The molecule has 1 heterocycles. The molecule has 2 N–H and O–H groups in total. The van der Waals surface area contributed by atoms with Crippen molar-refractivity contribution in [2.75, 3.05) is 5.73 Å². The van der Waals surface area contributed by atoms with Crippen LogP contribution in [-0.2, 0) is 0 Å². The predicted molar refractivity (Wildman–Crippen MR) is 76.6 cm³/mol. The van der Waals surface area contributed by atoms with Crippen LogP contribution in [0.15, 0.2) is 52.4 Å². The lowest BCUT2D eigenvalue weighted by atomic mass is 10.2. The Morgan fingerprint density at radius 1 is 0.952 bits per heavy atom. The van der Waals surface area contributed by atoms with Gasteiger partial charge in [0.1, 0.15) is 5.82 Å². The summed E-state index contributed by atoms with van der Waals surface area (Å²) in [6, 6.07) is 8.03. The SMILES string of the molecule is Nc1cc(F)c(Sc2ccc(F)c(F)c2)c2ncccc12. The minimum Gasteiger partial charge on any atom is -0.398 e. The molecule has 0 bridgehead atoms. The third-order valence-electron chi connectivity index (χ3n) is 2.94. The molecule has 3 rings (SSSR count). The fourth-order valence-electron chi connectivity index (χ4n) is 1.97. The molecule has 2 aromatic carbocycles. The van der Waals surface area contributed by atoms with Gasteiger partial charge in [-0.1, -0.05) is 11.8 Å². The van der Waals surface area contributed by atoms with E-state index in [9.17, 15) is 13.2 Å². The molecule has 0 atom stereocenters. The van der Waals surface area contributed by atoms with Gasteiger partial charge in [-0.15, -0.1) is 0 Å². The Kier molecular flexibility index (Phi) is 3.47. The number of rotatable bonds is 2. The highest BCUT2D eigenvalue weighted by Gasteiger charge is 2.14. The molecule has 0 amide bonds. The Balaban J connectivity index is 2.14. The average molecular weight is 306 g/mol. The molecule has 106 valence electrons. The summed E-state index contributed by atoms with van der Waals surface area (Å²) in [4.78, 5) is 4.74. The first-order chi connectivity index (χ1) is 10.1. The Hall–Kier alpha value is -2.21. The van der Waals surface area contributed by atoms with Crippen LogP contribution in [0.4, 0.5) is 18.9 Å². The number of aromatic nitrogens is 1. The number of anilines is 1. The molecule has 0 radical (unpaired) electrons. The zero-order valence-electron chi connectivity index (χ0n) is 10.6. The zero-order chi connectivity index (χ0) is 15.0. The quantitative estimate of drug-likeness (QED) is 0.714. The van der Waals surface area contributed by atoms with Crippen LogP contribution >= 0.6 is 11.8 Å². The summed E-state index contributed by atoms with van der Waals surface area (Å²) in [7, 11) is 0. The van der Waals surface area contributed by atoms with E-state index in [1.165, 1.54) is 18.3 Å². The van der Waals surface area contributed by atoms with E-state index in [2.05, 4.69) is 4.98 Å². The predicted octanol–water partition coefficient (Wildman–Crippen LogP) is 4.39. The summed E-state index contributed by atoms with van der Waals surface area (Å²) in [6.45, 7) is 0. The molecule has 0 spiro atoms. The first-order valence-corrected chi connectivity index (χ1v) is 6.83. The molecule has 0 saturated heterocycles. The van der Waals surface area contributed by atoms with Crippen molar-refractivity contribution >= 4 is 28.4 Å². The maximum absolute atomic E-state index is 14.1. The summed E-state index contributed by atoms with van der Waals surface area (Å²) in [5.74, 6) is -2.47. The van der Waals surface area contributed by atoms with E-state index < -0.39 is 17.5 Å². The zero-order valence-corrected chi connectivity index (χ0v) is 11.4. The van der Waals surface area contributed by atoms with E-state index in [-0.39, 0.29) is 10.6 Å². The Morgan fingerprint density at radius 3 is 2.52 bits per heavy atom. The van der Waals surface area contributed by atoms with Gasteiger partial charge in [0, 0.05) is 22.2 Å². The van der Waals surface area contributed by atoms with Gasteiger partial charge in [-0.25, -0.2) is 13.2 Å². The number of halogens is 3. The Bertz CT molecular complexity index is 837. The second-order valence-electron chi connectivity index (χ2n) is 4.35. The van der Waals surface area contributed by atoms with Crippen molar-refractivity contribution in [1.29, 1.82) is 0 Å². The normalized spacial score (nSPS) is 11.0. The number of nitrogens with two attached hydrogens (primary N) is 1. The lowest BCUT2D eigenvalue weighted by Gasteiger charge is -2.09. The van der Waals surface area contributed by atoms with Gasteiger partial charge in [-0.3, -0.25) is 4.98 Å². The summed E-state index contributed by atoms with van der Waals surface area (Å²) in [5, 5.41) is 0.615. The van der Waals surface area contributed by atoms with E-state index in [1.54, 1.807) is 12.1 Å². The van der Waals surface area contributed by atoms with E-state index in [0.29, 0.717) is 15.8 Å². The lowest BCUT2D eigenvalue weighted by molar-refractivity contribution is 0.506. The molecule has 0 unspecified atom stereocenters. The van der Waals surface area contributed by atoms with Crippen LogP contribution in [-0.4, -0.2) is 4.98 Å². The van der Waals surface area contributed by atoms with Gasteiger partial charge in [0.2, 0.25) is 0 Å². The summed E-state index contributed by atoms with van der Waals surface area (Å²) < 4.78 is 40.3. The fraction of sp³-hybridized carbons (Fsp3) is 0. The first kappa shape index (κ1) is 13.8. The first-order valence-electron chi connectivity index (χ1n) is 6.02. The molecule has 2 nitrogen and oxygen atoms in total. The molecule has 0 aliphatic rings. The molecule has 21 heavy (non-hydrogen) atoms. The van der Waals surface area contributed by atoms with Gasteiger partial charge in [-0.2, -0.15) is 0 Å². The molecule has 1 aromatic heterocycles. The molecule has 0 fully saturated rings. The minimum atomic E-state index is -0.979. The van der Waals surface area contributed by atoms with Gasteiger partial charge in [-0.05, 0) is 36.4 Å². The Morgan fingerprint density at radius 2 is 1.76 bits per heavy atom. The van der Waals surface area contributed by atoms with E-state index in [1.807, 2.05) is 0 Å². The standard InChI is InChI=1S/C15H9F3N2S/c16-10-4-3-8(6-11(10)17)21-15-12(18)7-13(19)9-2-1-5-20-14(9)15/h1-7H,19H2. The molecule has 0 aliphatic carbocycles. The third-order valence-corrected chi connectivity index (χ3v) is 4.03. The number of pyridine rings is 1. The van der Waals surface area contributed by atoms with Crippen molar-refractivity contribution in [3.63, 3.8) is 0 Å². The smallest absolute Gasteiger partial charge is 0.159 e. The van der Waals surface area contributed by atoms with Gasteiger partial charge in [0.25, 0.3) is 0 Å². The molecular formula is C15H9F3N2S. The van der Waals surface area contributed by atoms with Crippen LogP contribution in [0.1, 0.15) is 0 Å². The molecule has 0 saturated carbocycles. The van der Waals surface area contributed by atoms with Gasteiger partial charge in [0.05, 0.1) is 10.4 Å². The van der Waals surface area contributed by atoms with Crippen LogP contribution in [0.25, 0.3) is 10.9 Å². The van der Waals surface area contributed by atoms with E-state index >= 15 is 0 Å². The minimum absolute atomic E-state index is 0.228. The average Bonchev–Trinajstić information content (AvgIpc) is 2.47.